The van der Waals surface area contributed by atoms with Crippen molar-refractivity contribution in [3.63, 3.8) is 0 Å². The normalized spacial score (nSPS) is 10.2. The number of nitrogens with zero attached hydrogens (tertiary/aromatic N) is 2. The SMILES string of the molecule is O=C(COC(=O)c1ccc2nccnc2c1)NC(=O)c1ccccc1. The van der Waals surface area contributed by atoms with E-state index >= 15 is 0 Å². The number of nitrogens with one attached hydrogen (secondary N) is 1. The summed E-state index contributed by atoms with van der Waals surface area (Å²) in [4.78, 5) is 43.8. The van der Waals surface area contributed by atoms with Crippen molar-refractivity contribution in [1.29, 1.82) is 0 Å². The smallest absolute Gasteiger partial charge is 0.338 e. The second-order valence-corrected chi connectivity index (χ2v) is 5.08. The molecule has 0 bridgehead atoms. The largest absolute Gasteiger partial charge is 0.452 e. The summed E-state index contributed by atoms with van der Waals surface area (Å²) in [7, 11) is 0. The van der Waals surface area contributed by atoms with Crippen LogP contribution in [0.15, 0.2) is 60.9 Å². The van der Waals surface area contributed by atoms with Crippen LogP contribution in [0.25, 0.3) is 11.0 Å². The van der Waals surface area contributed by atoms with E-state index in [1.807, 2.05) is 0 Å². The zero-order valence-corrected chi connectivity index (χ0v) is 13.0. The summed E-state index contributed by atoms with van der Waals surface area (Å²) in [5.41, 5.74) is 1.77. The minimum absolute atomic E-state index is 0.246. The van der Waals surface area contributed by atoms with Gasteiger partial charge in [-0.2, -0.15) is 0 Å². The molecule has 0 saturated heterocycles. The standard InChI is InChI=1S/C18H13N3O4/c22-16(21-17(23)12-4-2-1-3-5-12)11-25-18(24)13-6-7-14-15(10-13)20-9-8-19-14/h1-10H,11H2,(H,21,22,23). The van der Waals surface area contributed by atoms with Gasteiger partial charge in [0.25, 0.3) is 11.8 Å². The van der Waals surface area contributed by atoms with Crippen LogP contribution in [0.3, 0.4) is 0 Å². The molecule has 7 heteroatoms. The van der Waals surface area contributed by atoms with Crippen molar-refractivity contribution < 1.29 is 19.1 Å². The molecule has 1 N–H and O–H groups in total. The summed E-state index contributed by atoms with van der Waals surface area (Å²) in [5, 5.41) is 2.16. The molecule has 7 nitrogen and oxygen atoms in total. The Labute approximate surface area is 142 Å². The highest BCUT2D eigenvalue weighted by molar-refractivity contribution is 6.05. The van der Waals surface area contributed by atoms with Crippen LogP contribution in [0, 0.1) is 0 Å². The first-order valence-corrected chi connectivity index (χ1v) is 7.40. The highest BCUT2D eigenvalue weighted by Gasteiger charge is 2.14. The van der Waals surface area contributed by atoms with E-state index in [2.05, 4.69) is 15.3 Å². The zero-order valence-electron chi connectivity index (χ0n) is 13.0. The van der Waals surface area contributed by atoms with E-state index < -0.39 is 24.4 Å². The molecule has 2 amide bonds. The molecule has 2 aromatic carbocycles. The summed E-state index contributed by atoms with van der Waals surface area (Å²) in [5.74, 6) is -1.94. The van der Waals surface area contributed by atoms with Crippen LogP contribution < -0.4 is 5.32 Å². The van der Waals surface area contributed by atoms with Crippen molar-refractivity contribution in [3.8, 4) is 0 Å². The van der Waals surface area contributed by atoms with Gasteiger partial charge in [-0.1, -0.05) is 18.2 Å². The minimum Gasteiger partial charge on any atom is -0.452 e. The Bertz CT molecular complexity index is 941. The molecule has 3 rings (SSSR count). The maximum absolute atomic E-state index is 12.0. The average Bonchev–Trinajstić information content (AvgIpc) is 2.66. The summed E-state index contributed by atoms with van der Waals surface area (Å²) in [6, 6.07) is 13.0. The summed E-state index contributed by atoms with van der Waals surface area (Å²) < 4.78 is 4.92. The Balaban J connectivity index is 1.57. The number of ether oxygens (including phenoxy) is 1. The molecular formula is C18H13N3O4. The van der Waals surface area contributed by atoms with E-state index in [-0.39, 0.29) is 5.56 Å². The van der Waals surface area contributed by atoms with Gasteiger partial charge in [-0.3, -0.25) is 24.9 Å². The number of rotatable bonds is 4. The molecule has 25 heavy (non-hydrogen) atoms. The van der Waals surface area contributed by atoms with Crippen molar-refractivity contribution >= 4 is 28.8 Å². The molecule has 0 aliphatic rings. The highest BCUT2D eigenvalue weighted by Crippen LogP contribution is 2.11. The van der Waals surface area contributed by atoms with Gasteiger partial charge in [-0.15, -0.1) is 0 Å². The third kappa shape index (κ3) is 4.03. The summed E-state index contributed by atoms with van der Waals surface area (Å²) in [6.45, 7) is -0.560. The van der Waals surface area contributed by atoms with Gasteiger partial charge < -0.3 is 4.74 Å². The lowest BCUT2D eigenvalue weighted by atomic mass is 10.2. The lowest BCUT2D eigenvalue weighted by Crippen LogP contribution is -2.34. The van der Waals surface area contributed by atoms with Gasteiger partial charge >= 0.3 is 5.97 Å². The molecular weight excluding hydrogens is 322 g/mol. The second-order valence-electron chi connectivity index (χ2n) is 5.08. The number of carbonyl (C=O) groups is 3. The Morgan fingerprint density at radius 2 is 1.60 bits per heavy atom. The summed E-state index contributed by atoms with van der Waals surface area (Å²) >= 11 is 0. The molecule has 0 saturated carbocycles. The molecule has 0 unspecified atom stereocenters. The minimum atomic E-state index is -0.706. The molecule has 1 heterocycles. The second kappa shape index (κ2) is 7.31. The molecule has 0 fully saturated rings. The lowest BCUT2D eigenvalue weighted by molar-refractivity contribution is -0.123. The Morgan fingerprint density at radius 1 is 0.880 bits per heavy atom. The van der Waals surface area contributed by atoms with Crippen LogP contribution in [0.5, 0.6) is 0 Å². The fourth-order valence-electron chi connectivity index (χ4n) is 2.13. The number of carbonyl (C=O) groups excluding carboxylic acids is 3. The molecule has 1 aromatic heterocycles. The van der Waals surface area contributed by atoms with Gasteiger partial charge in [0.05, 0.1) is 16.6 Å². The number of aromatic nitrogens is 2. The molecule has 0 atom stereocenters. The van der Waals surface area contributed by atoms with E-state index in [4.69, 9.17) is 4.74 Å². The molecule has 3 aromatic rings. The van der Waals surface area contributed by atoms with Crippen molar-refractivity contribution in [2.24, 2.45) is 0 Å². The highest BCUT2D eigenvalue weighted by atomic mass is 16.5. The topological polar surface area (TPSA) is 98.2 Å². The Kier molecular flexibility index (Phi) is 4.75. The summed E-state index contributed by atoms with van der Waals surface area (Å²) in [6.07, 6.45) is 3.06. The van der Waals surface area contributed by atoms with E-state index in [0.29, 0.717) is 16.6 Å². The predicted octanol–water partition coefficient (Wildman–Crippen LogP) is 1.74. The van der Waals surface area contributed by atoms with Crippen LogP contribution in [0.2, 0.25) is 0 Å². The first kappa shape index (κ1) is 16.3. The van der Waals surface area contributed by atoms with Gasteiger partial charge in [0.2, 0.25) is 0 Å². The van der Waals surface area contributed by atoms with Crippen LogP contribution in [-0.2, 0) is 9.53 Å². The van der Waals surface area contributed by atoms with Crippen LogP contribution in [0.4, 0.5) is 0 Å². The van der Waals surface area contributed by atoms with Gasteiger partial charge in [-0.25, -0.2) is 4.79 Å². The third-order valence-electron chi connectivity index (χ3n) is 3.33. The number of hydrogen-bond acceptors (Lipinski definition) is 6. The number of benzene rings is 2. The number of imide groups is 1. The fourth-order valence-corrected chi connectivity index (χ4v) is 2.13. The molecule has 124 valence electrons. The zero-order chi connectivity index (χ0) is 17.6. The van der Waals surface area contributed by atoms with E-state index in [0.717, 1.165) is 0 Å². The Morgan fingerprint density at radius 3 is 2.36 bits per heavy atom. The number of fused-ring (bicyclic) bond motifs is 1. The first-order valence-electron chi connectivity index (χ1n) is 7.40. The van der Waals surface area contributed by atoms with Gasteiger partial charge in [0, 0.05) is 18.0 Å². The number of esters is 1. The van der Waals surface area contributed by atoms with E-state index in [9.17, 15) is 14.4 Å². The maximum atomic E-state index is 12.0. The van der Waals surface area contributed by atoms with E-state index in [1.54, 1.807) is 42.6 Å². The van der Waals surface area contributed by atoms with Crippen LogP contribution >= 0.6 is 0 Å². The predicted molar refractivity (Wildman–Crippen MR) is 88.7 cm³/mol. The molecule has 0 aliphatic carbocycles. The maximum Gasteiger partial charge on any atom is 0.338 e. The van der Waals surface area contributed by atoms with Crippen molar-refractivity contribution in [2.45, 2.75) is 0 Å². The van der Waals surface area contributed by atoms with Crippen molar-refractivity contribution in [3.05, 3.63) is 72.1 Å². The fraction of sp³-hybridized carbons (Fsp3) is 0.0556. The number of amides is 2. The van der Waals surface area contributed by atoms with Crippen molar-refractivity contribution in [1.82, 2.24) is 15.3 Å². The molecule has 0 radical (unpaired) electrons. The van der Waals surface area contributed by atoms with Crippen molar-refractivity contribution in [2.75, 3.05) is 6.61 Å². The quantitative estimate of drug-likeness (QED) is 0.729. The first-order chi connectivity index (χ1) is 12.1. The lowest BCUT2D eigenvalue weighted by Gasteiger charge is -2.06. The van der Waals surface area contributed by atoms with Gasteiger partial charge in [0.15, 0.2) is 6.61 Å². The van der Waals surface area contributed by atoms with E-state index in [1.165, 1.54) is 18.3 Å². The van der Waals surface area contributed by atoms with Gasteiger partial charge in [0.1, 0.15) is 0 Å². The average molecular weight is 335 g/mol. The Hall–Kier alpha value is -3.61. The number of hydrogen-bond donors (Lipinski definition) is 1. The van der Waals surface area contributed by atoms with Crippen LogP contribution in [0.1, 0.15) is 20.7 Å². The third-order valence-corrected chi connectivity index (χ3v) is 3.33. The van der Waals surface area contributed by atoms with Gasteiger partial charge in [-0.05, 0) is 30.3 Å². The molecule has 0 aliphatic heterocycles. The monoisotopic (exact) mass is 335 g/mol. The van der Waals surface area contributed by atoms with Crippen LogP contribution in [-0.4, -0.2) is 34.4 Å². The molecule has 0 spiro atoms.